The lowest BCUT2D eigenvalue weighted by Crippen LogP contribution is -1.86. The summed E-state index contributed by atoms with van der Waals surface area (Å²) in [5.41, 5.74) is 7.58. The Labute approximate surface area is 159 Å². The molecule has 3 nitrogen and oxygen atoms in total. The summed E-state index contributed by atoms with van der Waals surface area (Å²) in [5.74, 6) is 0.830. The summed E-state index contributed by atoms with van der Waals surface area (Å²) in [6, 6.07) is 22.7. The standard InChI is InChI=1S/C24H22N2O/c1-16-12-13-17(2)21(14-16)25-15-20-19-10-7-11-22(27-3)24(19)26-23(20)18-8-5-4-6-9-18/h4-15,26H,1-3H3. The fourth-order valence-corrected chi connectivity index (χ4v) is 3.34. The summed E-state index contributed by atoms with van der Waals surface area (Å²) in [6.07, 6.45) is 1.96. The third-order valence-corrected chi connectivity index (χ3v) is 4.82. The first-order valence-electron chi connectivity index (χ1n) is 9.03. The Kier molecular flexibility index (Phi) is 4.51. The van der Waals surface area contributed by atoms with Crippen LogP contribution in [0.4, 0.5) is 5.69 Å². The number of methoxy groups -OCH3 is 1. The normalized spacial score (nSPS) is 11.4. The van der Waals surface area contributed by atoms with E-state index in [2.05, 4.69) is 55.2 Å². The van der Waals surface area contributed by atoms with Crippen LogP contribution in [0.3, 0.4) is 0 Å². The van der Waals surface area contributed by atoms with E-state index in [1.165, 1.54) is 5.56 Å². The molecule has 3 aromatic carbocycles. The van der Waals surface area contributed by atoms with Crippen LogP contribution in [0.5, 0.6) is 5.75 Å². The van der Waals surface area contributed by atoms with Crippen LogP contribution in [0, 0.1) is 13.8 Å². The van der Waals surface area contributed by atoms with E-state index < -0.39 is 0 Å². The Morgan fingerprint density at radius 1 is 0.926 bits per heavy atom. The van der Waals surface area contributed by atoms with Crippen LogP contribution in [0.1, 0.15) is 16.7 Å². The molecule has 0 aliphatic carbocycles. The highest BCUT2D eigenvalue weighted by molar-refractivity contribution is 6.08. The molecule has 1 aromatic heterocycles. The molecule has 0 bridgehead atoms. The molecule has 0 atom stereocenters. The van der Waals surface area contributed by atoms with Crippen molar-refractivity contribution in [1.29, 1.82) is 0 Å². The van der Waals surface area contributed by atoms with Gasteiger partial charge in [-0.05, 0) is 42.7 Å². The van der Waals surface area contributed by atoms with Gasteiger partial charge in [0.15, 0.2) is 0 Å². The van der Waals surface area contributed by atoms with E-state index in [0.29, 0.717) is 0 Å². The first kappa shape index (κ1) is 17.1. The van der Waals surface area contributed by atoms with Crippen molar-refractivity contribution >= 4 is 22.8 Å². The Balaban J connectivity index is 1.92. The van der Waals surface area contributed by atoms with Gasteiger partial charge in [-0.3, -0.25) is 4.99 Å². The molecule has 27 heavy (non-hydrogen) atoms. The molecule has 0 saturated heterocycles. The smallest absolute Gasteiger partial charge is 0.142 e. The molecule has 0 saturated carbocycles. The Bertz CT molecular complexity index is 1120. The van der Waals surface area contributed by atoms with Gasteiger partial charge in [0.1, 0.15) is 5.75 Å². The SMILES string of the molecule is COc1cccc2c(C=Nc3cc(C)ccc3C)c(-c3ccccc3)[nH]c12. The number of para-hydroxylation sites is 1. The molecule has 0 fully saturated rings. The third kappa shape index (κ3) is 3.24. The molecule has 4 rings (SSSR count). The van der Waals surface area contributed by atoms with Gasteiger partial charge in [-0.1, -0.05) is 54.6 Å². The zero-order valence-corrected chi connectivity index (χ0v) is 15.8. The fraction of sp³-hybridized carbons (Fsp3) is 0.125. The highest BCUT2D eigenvalue weighted by Crippen LogP contribution is 2.34. The summed E-state index contributed by atoms with van der Waals surface area (Å²) < 4.78 is 5.55. The minimum Gasteiger partial charge on any atom is -0.495 e. The molecular weight excluding hydrogens is 332 g/mol. The number of ether oxygens (including phenoxy) is 1. The predicted molar refractivity (Wildman–Crippen MR) is 113 cm³/mol. The first-order chi connectivity index (χ1) is 13.2. The van der Waals surface area contributed by atoms with Gasteiger partial charge in [0, 0.05) is 17.2 Å². The number of aryl methyl sites for hydroxylation is 2. The van der Waals surface area contributed by atoms with E-state index in [4.69, 9.17) is 9.73 Å². The van der Waals surface area contributed by atoms with E-state index in [1.54, 1.807) is 7.11 Å². The van der Waals surface area contributed by atoms with Crippen molar-refractivity contribution in [2.24, 2.45) is 4.99 Å². The van der Waals surface area contributed by atoms with Gasteiger partial charge >= 0.3 is 0 Å². The lowest BCUT2D eigenvalue weighted by atomic mass is 10.1. The Morgan fingerprint density at radius 2 is 1.74 bits per heavy atom. The van der Waals surface area contributed by atoms with Crippen molar-refractivity contribution in [3.63, 3.8) is 0 Å². The van der Waals surface area contributed by atoms with Crippen molar-refractivity contribution in [3.05, 3.63) is 83.4 Å². The maximum absolute atomic E-state index is 5.55. The number of nitrogens with zero attached hydrogens (tertiary/aromatic N) is 1. The van der Waals surface area contributed by atoms with Crippen molar-refractivity contribution in [3.8, 4) is 17.0 Å². The lowest BCUT2D eigenvalue weighted by Gasteiger charge is -2.03. The predicted octanol–water partition coefficient (Wildman–Crippen LogP) is 6.21. The fourth-order valence-electron chi connectivity index (χ4n) is 3.34. The minimum atomic E-state index is 0.830. The Hall–Kier alpha value is -3.33. The molecule has 0 aliphatic rings. The number of fused-ring (bicyclic) bond motifs is 1. The van der Waals surface area contributed by atoms with Gasteiger partial charge in [0.25, 0.3) is 0 Å². The first-order valence-corrected chi connectivity index (χ1v) is 9.03. The average molecular weight is 354 g/mol. The number of benzene rings is 3. The topological polar surface area (TPSA) is 37.4 Å². The number of nitrogens with one attached hydrogen (secondary N) is 1. The van der Waals surface area contributed by atoms with Crippen LogP contribution in [0.2, 0.25) is 0 Å². The summed E-state index contributed by atoms with van der Waals surface area (Å²) in [7, 11) is 1.70. The van der Waals surface area contributed by atoms with Crippen molar-refractivity contribution in [2.45, 2.75) is 13.8 Å². The van der Waals surface area contributed by atoms with E-state index in [9.17, 15) is 0 Å². The average Bonchev–Trinajstić information content (AvgIpc) is 3.08. The molecule has 4 aromatic rings. The zero-order valence-electron chi connectivity index (χ0n) is 15.8. The summed E-state index contributed by atoms with van der Waals surface area (Å²) in [4.78, 5) is 8.36. The second-order valence-electron chi connectivity index (χ2n) is 6.71. The zero-order chi connectivity index (χ0) is 18.8. The highest BCUT2D eigenvalue weighted by atomic mass is 16.5. The molecule has 0 amide bonds. The third-order valence-electron chi connectivity index (χ3n) is 4.82. The van der Waals surface area contributed by atoms with E-state index in [0.717, 1.165) is 44.7 Å². The second kappa shape index (κ2) is 7.12. The van der Waals surface area contributed by atoms with Crippen LogP contribution in [-0.2, 0) is 0 Å². The number of hydrogen-bond donors (Lipinski definition) is 1. The summed E-state index contributed by atoms with van der Waals surface area (Å²) in [5, 5.41) is 1.10. The minimum absolute atomic E-state index is 0.830. The maximum atomic E-state index is 5.55. The van der Waals surface area contributed by atoms with Crippen LogP contribution in [0.25, 0.3) is 22.2 Å². The van der Waals surface area contributed by atoms with Crippen LogP contribution < -0.4 is 4.74 Å². The van der Waals surface area contributed by atoms with Gasteiger partial charge in [-0.15, -0.1) is 0 Å². The quantitative estimate of drug-likeness (QED) is 0.435. The van der Waals surface area contributed by atoms with Crippen LogP contribution in [0.15, 0.2) is 71.7 Å². The molecule has 0 aliphatic heterocycles. The molecular formula is C24H22N2O. The lowest BCUT2D eigenvalue weighted by molar-refractivity contribution is 0.419. The number of aromatic nitrogens is 1. The van der Waals surface area contributed by atoms with E-state index >= 15 is 0 Å². The largest absolute Gasteiger partial charge is 0.495 e. The van der Waals surface area contributed by atoms with Gasteiger partial charge in [-0.25, -0.2) is 0 Å². The second-order valence-corrected chi connectivity index (χ2v) is 6.71. The molecule has 0 unspecified atom stereocenters. The van der Waals surface area contributed by atoms with Gasteiger partial charge in [-0.2, -0.15) is 0 Å². The van der Waals surface area contributed by atoms with Crippen molar-refractivity contribution in [2.75, 3.05) is 7.11 Å². The molecule has 3 heteroatoms. The number of H-pyrrole nitrogens is 1. The Morgan fingerprint density at radius 3 is 2.52 bits per heavy atom. The van der Waals surface area contributed by atoms with Crippen molar-refractivity contribution < 1.29 is 4.74 Å². The number of aromatic amines is 1. The summed E-state index contributed by atoms with van der Waals surface area (Å²) in [6.45, 7) is 4.17. The van der Waals surface area contributed by atoms with Crippen LogP contribution in [-0.4, -0.2) is 18.3 Å². The molecule has 1 N–H and O–H groups in total. The molecule has 1 heterocycles. The summed E-state index contributed by atoms with van der Waals surface area (Å²) >= 11 is 0. The molecule has 0 radical (unpaired) electrons. The van der Waals surface area contributed by atoms with Gasteiger partial charge in [0.2, 0.25) is 0 Å². The number of rotatable bonds is 4. The monoisotopic (exact) mass is 354 g/mol. The van der Waals surface area contributed by atoms with Crippen molar-refractivity contribution in [1.82, 2.24) is 4.98 Å². The van der Waals surface area contributed by atoms with E-state index in [1.807, 2.05) is 36.5 Å². The number of hydrogen-bond acceptors (Lipinski definition) is 2. The maximum Gasteiger partial charge on any atom is 0.142 e. The molecule has 134 valence electrons. The number of aliphatic imine (C=N–C) groups is 1. The molecule has 0 spiro atoms. The highest BCUT2D eigenvalue weighted by Gasteiger charge is 2.14. The van der Waals surface area contributed by atoms with E-state index in [-0.39, 0.29) is 0 Å². The van der Waals surface area contributed by atoms with Crippen LogP contribution >= 0.6 is 0 Å². The van der Waals surface area contributed by atoms with Gasteiger partial charge in [0.05, 0.1) is 24.0 Å². The van der Waals surface area contributed by atoms with Gasteiger partial charge < -0.3 is 9.72 Å².